The van der Waals surface area contributed by atoms with Crippen molar-refractivity contribution in [3.8, 4) is 16.9 Å². The Morgan fingerprint density at radius 3 is 3.00 bits per heavy atom. The molecule has 0 amide bonds. The first kappa shape index (κ1) is 10.7. The number of hydrogen-bond acceptors (Lipinski definition) is 4. The molecule has 0 unspecified atom stereocenters. The molecule has 18 heavy (non-hydrogen) atoms. The zero-order valence-corrected chi connectivity index (χ0v) is 9.50. The van der Waals surface area contributed by atoms with E-state index in [1.165, 1.54) is 0 Å². The molecule has 5 nitrogen and oxygen atoms in total. The minimum Gasteiger partial charge on any atom is -0.492 e. The van der Waals surface area contributed by atoms with Gasteiger partial charge in [0.05, 0.1) is 11.5 Å². The lowest BCUT2D eigenvalue weighted by molar-refractivity contribution is -0.384. The number of nitro benzene ring substituents is 1. The van der Waals surface area contributed by atoms with Crippen molar-refractivity contribution in [2.75, 3.05) is 6.61 Å². The largest absolute Gasteiger partial charge is 0.492 e. The fraction of sp³-hybridized carbons (Fsp3) is 0.154. The maximum atomic E-state index is 10.9. The number of nitrogens with zero attached hydrogens (tertiary/aromatic N) is 2. The lowest BCUT2D eigenvalue weighted by Gasteiger charge is -2.07. The minimum absolute atomic E-state index is 0.0955. The zero-order chi connectivity index (χ0) is 12.5. The summed E-state index contributed by atoms with van der Waals surface area (Å²) in [5, 5.41) is 10.9. The molecule has 0 N–H and O–H groups in total. The molecule has 0 atom stereocenters. The van der Waals surface area contributed by atoms with Crippen LogP contribution in [-0.2, 0) is 6.42 Å². The first-order valence-corrected chi connectivity index (χ1v) is 5.60. The van der Waals surface area contributed by atoms with Gasteiger partial charge in [0.15, 0.2) is 0 Å². The molecule has 0 saturated heterocycles. The molecule has 90 valence electrons. The zero-order valence-electron chi connectivity index (χ0n) is 9.50. The van der Waals surface area contributed by atoms with Gasteiger partial charge >= 0.3 is 0 Å². The molecule has 3 rings (SSSR count). The highest BCUT2D eigenvalue weighted by Gasteiger charge is 2.22. The van der Waals surface area contributed by atoms with Gasteiger partial charge in [-0.1, -0.05) is 6.07 Å². The monoisotopic (exact) mass is 242 g/mol. The molecule has 0 bridgehead atoms. The third-order valence-electron chi connectivity index (χ3n) is 2.95. The second kappa shape index (κ2) is 4.10. The van der Waals surface area contributed by atoms with Gasteiger partial charge in [-0.2, -0.15) is 0 Å². The Kier molecular flexibility index (Phi) is 2.44. The first-order chi connectivity index (χ1) is 8.75. The number of fused-ring (bicyclic) bond motifs is 1. The van der Waals surface area contributed by atoms with E-state index in [1.807, 2.05) is 6.07 Å². The van der Waals surface area contributed by atoms with Crippen LogP contribution in [-0.4, -0.2) is 16.5 Å². The molecule has 1 aliphatic rings. The third kappa shape index (κ3) is 1.69. The van der Waals surface area contributed by atoms with E-state index in [2.05, 4.69) is 4.98 Å². The standard InChI is InChI=1S/C13H10N2O3/c16-15(17)11-6-9-3-5-18-13(9)12(7-11)10-2-1-4-14-8-10/h1-2,4,6-8H,3,5H2. The predicted molar refractivity (Wildman–Crippen MR) is 65.5 cm³/mol. The average Bonchev–Trinajstić information content (AvgIpc) is 2.86. The van der Waals surface area contributed by atoms with Gasteiger partial charge < -0.3 is 4.74 Å². The summed E-state index contributed by atoms with van der Waals surface area (Å²) in [6.07, 6.45) is 4.06. The molecule has 0 fully saturated rings. The van der Waals surface area contributed by atoms with Crippen molar-refractivity contribution >= 4 is 5.69 Å². The van der Waals surface area contributed by atoms with Crippen molar-refractivity contribution in [2.45, 2.75) is 6.42 Å². The van der Waals surface area contributed by atoms with E-state index in [-0.39, 0.29) is 10.6 Å². The van der Waals surface area contributed by atoms with E-state index < -0.39 is 0 Å². The van der Waals surface area contributed by atoms with E-state index in [0.29, 0.717) is 13.0 Å². The fourth-order valence-corrected chi connectivity index (χ4v) is 2.13. The van der Waals surface area contributed by atoms with E-state index in [4.69, 9.17) is 4.74 Å². The molecule has 5 heteroatoms. The Balaban J connectivity index is 2.22. The van der Waals surface area contributed by atoms with Crippen LogP contribution in [0.4, 0.5) is 5.69 Å². The van der Waals surface area contributed by atoms with Gasteiger partial charge in [0.2, 0.25) is 0 Å². The molecule has 0 radical (unpaired) electrons. The van der Waals surface area contributed by atoms with Crippen LogP contribution in [0.25, 0.3) is 11.1 Å². The van der Waals surface area contributed by atoms with Crippen molar-refractivity contribution in [2.24, 2.45) is 0 Å². The van der Waals surface area contributed by atoms with Crippen molar-refractivity contribution in [3.05, 3.63) is 52.3 Å². The van der Waals surface area contributed by atoms with Crippen LogP contribution in [0.5, 0.6) is 5.75 Å². The Morgan fingerprint density at radius 1 is 1.39 bits per heavy atom. The first-order valence-electron chi connectivity index (χ1n) is 5.60. The van der Waals surface area contributed by atoms with Gasteiger partial charge in [-0.15, -0.1) is 0 Å². The number of nitro groups is 1. The number of ether oxygens (including phenoxy) is 1. The van der Waals surface area contributed by atoms with Crippen LogP contribution < -0.4 is 4.74 Å². The lowest BCUT2D eigenvalue weighted by Crippen LogP contribution is -1.92. The molecule has 0 spiro atoms. The molecule has 2 aromatic rings. The van der Waals surface area contributed by atoms with Crippen molar-refractivity contribution < 1.29 is 9.66 Å². The Morgan fingerprint density at radius 2 is 2.28 bits per heavy atom. The number of non-ortho nitro benzene ring substituents is 1. The summed E-state index contributed by atoms with van der Waals surface area (Å²) < 4.78 is 5.57. The molecule has 1 aromatic heterocycles. The van der Waals surface area contributed by atoms with Crippen LogP contribution in [0.2, 0.25) is 0 Å². The highest BCUT2D eigenvalue weighted by Crippen LogP contribution is 2.39. The van der Waals surface area contributed by atoms with E-state index >= 15 is 0 Å². The smallest absolute Gasteiger partial charge is 0.270 e. The summed E-state index contributed by atoms with van der Waals surface area (Å²) in [5.41, 5.74) is 2.56. The summed E-state index contributed by atoms with van der Waals surface area (Å²) >= 11 is 0. The van der Waals surface area contributed by atoms with Crippen molar-refractivity contribution in [1.29, 1.82) is 0 Å². The van der Waals surface area contributed by atoms with E-state index in [1.54, 1.807) is 30.6 Å². The van der Waals surface area contributed by atoms with Crippen LogP contribution in [0.3, 0.4) is 0 Å². The number of pyridine rings is 1. The molecule has 1 aromatic carbocycles. The molecule has 2 heterocycles. The summed E-state index contributed by atoms with van der Waals surface area (Å²) in [4.78, 5) is 14.6. The van der Waals surface area contributed by atoms with E-state index in [9.17, 15) is 10.1 Å². The highest BCUT2D eigenvalue weighted by atomic mass is 16.6. The SMILES string of the molecule is O=[N+]([O-])c1cc2c(c(-c3cccnc3)c1)OCC2. The van der Waals surface area contributed by atoms with Gasteiger partial charge in [0.1, 0.15) is 5.75 Å². The number of benzene rings is 1. The summed E-state index contributed by atoms with van der Waals surface area (Å²) in [5.74, 6) is 0.744. The van der Waals surface area contributed by atoms with Crippen LogP contribution in [0.15, 0.2) is 36.7 Å². The predicted octanol–water partition coefficient (Wildman–Crippen LogP) is 2.59. The summed E-state index contributed by atoms with van der Waals surface area (Å²) in [6, 6.07) is 6.80. The quantitative estimate of drug-likeness (QED) is 0.599. The maximum absolute atomic E-state index is 10.9. The number of rotatable bonds is 2. The van der Waals surface area contributed by atoms with Crippen molar-refractivity contribution in [1.82, 2.24) is 4.98 Å². The molecular formula is C13H10N2O3. The molecule has 0 saturated carbocycles. The van der Waals surface area contributed by atoms with Gasteiger partial charge in [-0.3, -0.25) is 15.1 Å². The molecule has 0 aliphatic carbocycles. The van der Waals surface area contributed by atoms with Crippen molar-refractivity contribution in [3.63, 3.8) is 0 Å². The van der Waals surface area contributed by atoms with Gasteiger partial charge in [0, 0.05) is 47.6 Å². The Labute approximate surface area is 103 Å². The van der Waals surface area contributed by atoms with Gasteiger partial charge in [-0.25, -0.2) is 0 Å². The van der Waals surface area contributed by atoms with Crippen LogP contribution in [0.1, 0.15) is 5.56 Å². The van der Waals surface area contributed by atoms with Gasteiger partial charge in [-0.05, 0) is 6.07 Å². The molecule has 1 aliphatic heterocycles. The third-order valence-corrected chi connectivity index (χ3v) is 2.95. The Bertz CT molecular complexity index is 611. The van der Waals surface area contributed by atoms with Crippen LogP contribution in [0, 0.1) is 10.1 Å². The summed E-state index contributed by atoms with van der Waals surface area (Å²) in [7, 11) is 0. The maximum Gasteiger partial charge on any atom is 0.270 e. The topological polar surface area (TPSA) is 65.3 Å². The van der Waals surface area contributed by atoms with Crippen LogP contribution >= 0.6 is 0 Å². The van der Waals surface area contributed by atoms with E-state index in [0.717, 1.165) is 22.4 Å². The minimum atomic E-state index is -0.377. The Hall–Kier alpha value is -2.43. The molecular weight excluding hydrogens is 232 g/mol. The number of aromatic nitrogens is 1. The lowest BCUT2D eigenvalue weighted by atomic mass is 10.0. The second-order valence-electron chi connectivity index (χ2n) is 4.08. The summed E-state index contributed by atoms with van der Waals surface area (Å²) in [6.45, 7) is 0.573. The number of hydrogen-bond donors (Lipinski definition) is 0. The highest BCUT2D eigenvalue weighted by molar-refractivity contribution is 5.75. The average molecular weight is 242 g/mol. The van der Waals surface area contributed by atoms with Gasteiger partial charge in [0.25, 0.3) is 5.69 Å². The second-order valence-corrected chi connectivity index (χ2v) is 4.08. The normalized spacial score (nSPS) is 12.9. The fourth-order valence-electron chi connectivity index (χ4n) is 2.13.